The van der Waals surface area contributed by atoms with Crippen molar-refractivity contribution in [1.82, 2.24) is 14.7 Å². The minimum absolute atomic E-state index is 0.151. The molecule has 1 heterocycles. The number of aromatic nitrogens is 2. The van der Waals surface area contributed by atoms with E-state index >= 15 is 0 Å². The van der Waals surface area contributed by atoms with Crippen LogP contribution < -0.4 is 5.56 Å². The van der Waals surface area contributed by atoms with Crippen molar-refractivity contribution in [3.8, 4) is 0 Å². The van der Waals surface area contributed by atoms with Gasteiger partial charge in [-0.05, 0) is 12.5 Å². The number of unbranched alkanes of at least 4 members (excludes halogenated alkanes) is 2. The van der Waals surface area contributed by atoms with Gasteiger partial charge in [-0.3, -0.25) is 9.59 Å². The summed E-state index contributed by atoms with van der Waals surface area (Å²) in [5.41, 5.74) is 0.151. The topological polar surface area (TPSA) is 55.2 Å². The van der Waals surface area contributed by atoms with Gasteiger partial charge in [0.25, 0.3) is 11.5 Å². The number of carbonyl (C=O) groups excluding carboxylic acids is 1. The van der Waals surface area contributed by atoms with Gasteiger partial charge in [-0.15, -0.1) is 13.2 Å². The van der Waals surface area contributed by atoms with Crippen molar-refractivity contribution in [2.24, 2.45) is 0 Å². The first-order valence-electron chi connectivity index (χ1n) is 8.65. The van der Waals surface area contributed by atoms with E-state index in [2.05, 4.69) is 25.2 Å². The van der Waals surface area contributed by atoms with Crippen molar-refractivity contribution in [3.05, 3.63) is 65.6 Å². The van der Waals surface area contributed by atoms with Crippen LogP contribution in [0, 0.1) is 0 Å². The van der Waals surface area contributed by atoms with Gasteiger partial charge in [-0.25, -0.2) is 4.68 Å². The Kier molecular flexibility index (Phi) is 6.69. The summed E-state index contributed by atoms with van der Waals surface area (Å²) >= 11 is 0. The summed E-state index contributed by atoms with van der Waals surface area (Å²) in [5, 5.41) is 5.51. The van der Waals surface area contributed by atoms with Crippen molar-refractivity contribution in [3.63, 3.8) is 0 Å². The van der Waals surface area contributed by atoms with Crippen LogP contribution in [0.5, 0.6) is 0 Å². The van der Waals surface area contributed by atoms with Crippen LogP contribution in [0.4, 0.5) is 0 Å². The Hall–Kier alpha value is -2.69. The predicted molar refractivity (Wildman–Crippen MR) is 102 cm³/mol. The monoisotopic (exact) mass is 339 g/mol. The van der Waals surface area contributed by atoms with Gasteiger partial charge in [0.15, 0.2) is 5.69 Å². The van der Waals surface area contributed by atoms with Crippen LogP contribution in [0.15, 0.2) is 54.4 Å². The quantitative estimate of drug-likeness (QED) is 0.520. The molecule has 1 aromatic heterocycles. The molecular weight excluding hydrogens is 314 g/mol. The maximum Gasteiger partial charge on any atom is 0.275 e. The lowest BCUT2D eigenvalue weighted by Gasteiger charge is -2.20. The molecular formula is C20H25N3O2. The van der Waals surface area contributed by atoms with Crippen LogP contribution in [0.3, 0.4) is 0 Å². The maximum absolute atomic E-state index is 13.0. The molecule has 1 amide bonds. The highest BCUT2D eigenvalue weighted by molar-refractivity contribution is 6.04. The Morgan fingerprint density at radius 3 is 2.40 bits per heavy atom. The van der Waals surface area contributed by atoms with Crippen LogP contribution in [0.25, 0.3) is 10.8 Å². The number of nitrogens with zero attached hydrogens (tertiary/aromatic N) is 3. The molecule has 0 saturated carbocycles. The summed E-state index contributed by atoms with van der Waals surface area (Å²) in [6.07, 6.45) is 6.27. The fraction of sp³-hybridized carbons (Fsp3) is 0.350. The van der Waals surface area contributed by atoms with Crippen LogP contribution in [-0.2, 0) is 6.54 Å². The van der Waals surface area contributed by atoms with Crippen molar-refractivity contribution in [1.29, 1.82) is 0 Å². The molecule has 2 rings (SSSR count). The lowest BCUT2D eigenvalue weighted by Crippen LogP contribution is -2.35. The molecule has 0 saturated heterocycles. The SMILES string of the molecule is C=CCN(CC=C)C(=O)c1nn(CCCCC)c(=O)c2ccccc12. The van der Waals surface area contributed by atoms with Gasteiger partial charge < -0.3 is 4.90 Å². The van der Waals surface area contributed by atoms with Crippen LogP contribution in [0.1, 0.15) is 36.7 Å². The van der Waals surface area contributed by atoms with E-state index in [0.717, 1.165) is 19.3 Å². The molecule has 0 N–H and O–H groups in total. The number of benzene rings is 1. The van der Waals surface area contributed by atoms with Gasteiger partial charge in [0, 0.05) is 25.0 Å². The van der Waals surface area contributed by atoms with Gasteiger partial charge in [0.1, 0.15) is 0 Å². The van der Waals surface area contributed by atoms with Crippen molar-refractivity contribution in [2.75, 3.05) is 13.1 Å². The number of carbonyl (C=O) groups is 1. The molecule has 5 heteroatoms. The van der Waals surface area contributed by atoms with Crippen LogP contribution >= 0.6 is 0 Å². The average molecular weight is 339 g/mol. The zero-order valence-electron chi connectivity index (χ0n) is 14.8. The Labute approximate surface area is 148 Å². The first-order valence-corrected chi connectivity index (χ1v) is 8.65. The van der Waals surface area contributed by atoms with E-state index in [0.29, 0.717) is 36.1 Å². The van der Waals surface area contributed by atoms with Crippen LogP contribution in [-0.4, -0.2) is 33.7 Å². The third-order valence-corrected chi connectivity index (χ3v) is 4.03. The summed E-state index contributed by atoms with van der Waals surface area (Å²) in [5.74, 6) is -0.222. The van der Waals surface area contributed by atoms with E-state index in [9.17, 15) is 9.59 Å². The lowest BCUT2D eigenvalue weighted by atomic mass is 10.1. The highest BCUT2D eigenvalue weighted by Crippen LogP contribution is 2.16. The highest BCUT2D eigenvalue weighted by atomic mass is 16.2. The van der Waals surface area contributed by atoms with E-state index in [4.69, 9.17) is 0 Å². The molecule has 0 aliphatic rings. The third-order valence-electron chi connectivity index (χ3n) is 4.03. The second kappa shape index (κ2) is 8.97. The zero-order chi connectivity index (χ0) is 18.2. The number of aryl methyl sites for hydroxylation is 1. The van der Waals surface area contributed by atoms with Gasteiger partial charge in [-0.1, -0.05) is 50.1 Å². The fourth-order valence-corrected chi connectivity index (χ4v) is 2.76. The molecule has 0 radical (unpaired) electrons. The Bertz CT molecular complexity index is 813. The summed E-state index contributed by atoms with van der Waals surface area (Å²) in [7, 11) is 0. The van der Waals surface area contributed by atoms with Crippen molar-refractivity contribution >= 4 is 16.7 Å². The van der Waals surface area contributed by atoms with E-state index < -0.39 is 0 Å². The van der Waals surface area contributed by atoms with Gasteiger partial charge >= 0.3 is 0 Å². The summed E-state index contributed by atoms with van der Waals surface area (Å²) in [6, 6.07) is 7.14. The standard InChI is InChI=1S/C20H25N3O2/c1-4-7-10-15-23-19(24)17-12-9-8-11-16(17)18(21-23)20(25)22(13-5-2)14-6-3/h5-6,8-9,11-12H,2-4,7,10,13-15H2,1H3. The van der Waals surface area contributed by atoms with E-state index in [1.54, 1.807) is 35.3 Å². The first kappa shape index (κ1) is 18.6. The number of hydrogen-bond acceptors (Lipinski definition) is 3. The molecule has 0 aliphatic heterocycles. The molecule has 5 nitrogen and oxygen atoms in total. The number of rotatable bonds is 9. The predicted octanol–water partition coefficient (Wildman–Crippen LogP) is 3.40. The molecule has 0 unspecified atom stereocenters. The summed E-state index contributed by atoms with van der Waals surface area (Å²) in [6.45, 7) is 10.8. The normalized spacial score (nSPS) is 10.6. The Morgan fingerprint density at radius 1 is 1.16 bits per heavy atom. The molecule has 1 aromatic carbocycles. The molecule has 0 spiro atoms. The maximum atomic E-state index is 13.0. The minimum Gasteiger partial charge on any atom is -0.330 e. The molecule has 25 heavy (non-hydrogen) atoms. The smallest absolute Gasteiger partial charge is 0.275 e. The molecule has 132 valence electrons. The van der Waals surface area contributed by atoms with Gasteiger partial charge in [-0.2, -0.15) is 5.10 Å². The number of amides is 1. The van der Waals surface area contributed by atoms with Crippen molar-refractivity contribution in [2.45, 2.75) is 32.7 Å². The highest BCUT2D eigenvalue weighted by Gasteiger charge is 2.20. The summed E-state index contributed by atoms with van der Waals surface area (Å²) < 4.78 is 1.42. The number of fused-ring (bicyclic) bond motifs is 1. The Morgan fingerprint density at radius 2 is 1.80 bits per heavy atom. The molecule has 0 bridgehead atoms. The number of hydrogen-bond donors (Lipinski definition) is 0. The largest absolute Gasteiger partial charge is 0.330 e. The van der Waals surface area contributed by atoms with Crippen LogP contribution in [0.2, 0.25) is 0 Å². The zero-order valence-corrected chi connectivity index (χ0v) is 14.8. The fourth-order valence-electron chi connectivity index (χ4n) is 2.76. The summed E-state index contributed by atoms with van der Waals surface area (Å²) in [4.78, 5) is 27.3. The van der Waals surface area contributed by atoms with E-state index in [1.807, 2.05) is 6.07 Å². The Balaban J connectivity index is 2.54. The van der Waals surface area contributed by atoms with Gasteiger partial charge in [0.2, 0.25) is 0 Å². The third kappa shape index (κ3) is 4.24. The van der Waals surface area contributed by atoms with Gasteiger partial charge in [0.05, 0.1) is 5.39 Å². The second-order valence-corrected chi connectivity index (χ2v) is 5.92. The van der Waals surface area contributed by atoms with E-state index in [1.165, 1.54) is 4.68 Å². The molecule has 2 aromatic rings. The average Bonchev–Trinajstić information content (AvgIpc) is 2.63. The first-order chi connectivity index (χ1) is 12.1. The minimum atomic E-state index is -0.222. The molecule has 0 fully saturated rings. The molecule has 0 aliphatic carbocycles. The van der Waals surface area contributed by atoms with Crippen molar-refractivity contribution < 1.29 is 4.79 Å². The second-order valence-electron chi connectivity index (χ2n) is 5.92. The lowest BCUT2D eigenvalue weighted by molar-refractivity contribution is 0.0784. The molecule has 0 atom stereocenters. The van der Waals surface area contributed by atoms with E-state index in [-0.39, 0.29) is 11.5 Å².